The average Bonchev–Trinajstić information content (AvgIpc) is 2.79. The van der Waals surface area contributed by atoms with Crippen LogP contribution in [0.4, 0.5) is 5.69 Å². The maximum Gasteiger partial charge on any atom is 0.274 e. The Morgan fingerprint density at radius 1 is 1.24 bits per heavy atom. The Hall–Kier alpha value is -2.97. The molecule has 0 fully saturated rings. The van der Waals surface area contributed by atoms with Crippen molar-refractivity contribution in [3.05, 3.63) is 58.4 Å². The third-order valence-electron chi connectivity index (χ3n) is 4.16. The molecular formula is C25H38ClN5O3. The Balaban J connectivity index is 0.00000121. The highest BCUT2D eigenvalue weighted by Gasteiger charge is 2.25. The number of amides is 2. The van der Waals surface area contributed by atoms with E-state index in [9.17, 15) is 9.59 Å². The van der Waals surface area contributed by atoms with Crippen LogP contribution < -0.4 is 11.1 Å². The van der Waals surface area contributed by atoms with Gasteiger partial charge >= 0.3 is 0 Å². The summed E-state index contributed by atoms with van der Waals surface area (Å²) in [6, 6.07) is 8.50. The van der Waals surface area contributed by atoms with Gasteiger partial charge in [-0.2, -0.15) is 0 Å². The molecule has 2 amide bonds. The van der Waals surface area contributed by atoms with Crippen LogP contribution in [0, 0.1) is 6.92 Å². The number of anilines is 1. The lowest BCUT2D eigenvalue weighted by atomic mass is 10.0. The molecule has 1 aliphatic heterocycles. The smallest absolute Gasteiger partial charge is 0.274 e. The van der Waals surface area contributed by atoms with E-state index in [1.807, 2.05) is 33.8 Å². The molecule has 1 aromatic heterocycles. The minimum absolute atomic E-state index is 0.0991. The number of nitrogens with two attached hydrogens (primary N) is 1. The Bertz CT molecular complexity index is 961. The van der Waals surface area contributed by atoms with Crippen LogP contribution in [0.1, 0.15) is 75.6 Å². The fourth-order valence-electron chi connectivity index (χ4n) is 2.71. The minimum atomic E-state index is -0.369. The van der Waals surface area contributed by atoms with Crippen LogP contribution in [-0.2, 0) is 4.79 Å². The quantitative estimate of drug-likeness (QED) is 0.560. The molecule has 2 aromatic rings. The summed E-state index contributed by atoms with van der Waals surface area (Å²) in [6.45, 7) is 13.2. The van der Waals surface area contributed by atoms with Crippen LogP contribution in [0.5, 0.6) is 0 Å². The zero-order valence-corrected chi connectivity index (χ0v) is 22.1. The second-order valence-corrected chi connectivity index (χ2v) is 7.59. The molecule has 9 heteroatoms. The fourth-order valence-corrected chi connectivity index (χ4v) is 2.92. The zero-order valence-electron chi connectivity index (χ0n) is 21.4. The van der Waals surface area contributed by atoms with E-state index in [2.05, 4.69) is 15.3 Å². The maximum atomic E-state index is 12.5. The molecule has 188 valence electrons. The SMILES string of the molecule is CC.CC.CC(C)O.Cc1cc(Cl)cnc1C(=O)Nc1cccc(C2CC(=O)N(C)C(N)=N2)c1. The van der Waals surface area contributed by atoms with Gasteiger partial charge in [0.1, 0.15) is 5.69 Å². The molecule has 1 atom stereocenters. The van der Waals surface area contributed by atoms with Gasteiger partial charge in [0.2, 0.25) is 5.91 Å². The molecule has 0 saturated carbocycles. The van der Waals surface area contributed by atoms with Gasteiger partial charge in [0.15, 0.2) is 5.96 Å². The molecule has 0 aliphatic carbocycles. The van der Waals surface area contributed by atoms with Crippen molar-refractivity contribution in [1.29, 1.82) is 0 Å². The van der Waals surface area contributed by atoms with Crippen molar-refractivity contribution in [1.82, 2.24) is 9.88 Å². The summed E-state index contributed by atoms with van der Waals surface area (Å²) in [5.41, 5.74) is 8.16. The van der Waals surface area contributed by atoms with Gasteiger partial charge in [-0.1, -0.05) is 51.4 Å². The highest BCUT2D eigenvalue weighted by Crippen LogP contribution is 2.27. The van der Waals surface area contributed by atoms with E-state index in [4.69, 9.17) is 22.4 Å². The lowest BCUT2D eigenvalue weighted by Gasteiger charge is -2.25. The molecule has 2 heterocycles. The van der Waals surface area contributed by atoms with Crippen molar-refractivity contribution >= 4 is 35.1 Å². The van der Waals surface area contributed by atoms with E-state index in [0.29, 0.717) is 22.0 Å². The van der Waals surface area contributed by atoms with E-state index in [1.54, 1.807) is 52.1 Å². The van der Waals surface area contributed by atoms with E-state index < -0.39 is 0 Å². The van der Waals surface area contributed by atoms with Gasteiger partial charge in [-0.25, -0.2) is 9.98 Å². The van der Waals surface area contributed by atoms with Crippen LogP contribution in [0.2, 0.25) is 5.02 Å². The Morgan fingerprint density at radius 2 is 1.82 bits per heavy atom. The van der Waals surface area contributed by atoms with Gasteiger partial charge in [-0.3, -0.25) is 14.5 Å². The zero-order chi connectivity index (χ0) is 26.4. The summed E-state index contributed by atoms with van der Waals surface area (Å²) in [7, 11) is 1.59. The van der Waals surface area contributed by atoms with Crippen molar-refractivity contribution in [2.24, 2.45) is 10.7 Å². The number of carbonyl (C=O) groups excluding carboxylic acids is 2. The number of aryl methyl sites for hydroxylation is 1. The number of nitrogens with one attached hydrogen (secondary N) is 1. The first kappa shape index (κ1) is 31.0. The van der Waals surface area contributed by atoms with Crippen LogP contribution in [0.25, 0.3) is 0 Å². The van der Waals surface area contributed by atoms with E-state index in [0.717, 1.165) is 5.56 Å². The van der Waals surface area contributed by atoms with Gasteiger partial charge in [0.05, 0.1) is 17.5 Å². The van der Waals surface area contributed by atoms with Crippen molar-refractivity contribution < 1.29 is 14.7 Å². The van der Waals surface area contributed by atoms with Gasteiger partial charge in [0.25, 0.3) is 5.91 Å². The predicted molar refractivity (Wildman–Crippen MR) is 140 cm³/mol. The summed E-state index contributed by atoms with van der Waals surface area (Å²) < 4.78 is 0. The first-order chi connectivity index (χ1) is 16.1. The highest BCUT2D eigenvalue weighted by atomic mass is 35.5. The lowest BCUT2D eigenvalue weighted by Crippen LogP contribution is -2.42. The summed E-state index contributed by atoms with van der Waals surface area (Å²) in [5.74, 6) is -0.251. The third-order valence-corrected chi connectivity index (χ3v) is 4.37. The van der Waals surface area contributed by atoms with Crippen molar-refractivity contribution in [3.63, 3.8) is 0 Å². The number of aliphatic imine (C=N–C) groups is 1. The third kappa shape index (κ3) is 9.89. The van der Waals surface area contributed by atoms with Crippen molar-refractivity contribution in [2.45, 2.75) is 67.0 Å². The molecule has 4 N–H and O–H groups in total. The predicted octanol–water partition coefficient (Wildman–Crippen LogP) is 4.95. The molecule has 1 unspecified atom stereocenters. The number of pyridine rings is 1. The largest absolute Gasteiger partial charge is 0.394 e. The molecule has 0 saturated heterocycles. The van der Waals surface area contributed by atoms with Gasteiger partial charge in [-0.15, -0.1) is 0 Å². The molecule has 8 nitrogen and oxygen atoms in total. The first-order valence-corrected chi connectivity index (χ1v) is 11.8. The number of carbonyl (C=O) groups is 2. The second-order valence-electron chi connectivity index (χ2n) is 7.15. The number of rotatable bonds is 3. The summed E-state index contributed by atoms with van der Waals surface area (Å²) in [6.07, 6.45) is 1.49. The number of guanidine groups is 1. The van der Waals surface area contributed by atoms with Crippen molar-refractivity contribution in [2.75, 3.05) is 12.4 Å². The first-order valence-electron chi connectivity index (χ1n) is 11.4. The highest BCUT2D eigenvalue weighted by molar-refractivity contribution is 6.30. The molecular weight excluding hydrogens is 454 g/mol. The van der Waals surface area contributed by atoms with E-state index >= 15 is 0 Å². The fraction of sp³-hybridized carbons (Fsp3) is 0.440. The average molecular weight is 492 g/mol. The van der Waals surface area contributed by atoms with Gasteiger partial charge < -0.3 is 16.2 Å². The van der Waals surface area contributed by atoms with Gasteiger partial charge in [0, 0.05) is 25.0 Å². The molecule has 1 aliphatic rings. The molecule has 34 heavy (non-hydrogen) atoms. The Morgan fingerprint density at radius 3 is 2.35 bits per heavy atom. The van der Waals surface area contributed by atoms with Crippen LogP contribution in [0.3, 0.4) is 0 Å². The van der Waals surface area contributed by atoms with Crippen LogP contribution in [-0.4, -0.2) is 45.9 Å². The lowest BCUT2D eigenvalue weighted by molar-refractivity contribution is -0.127. The number of aliphatic hydroxyl groups is 1. The van der Waals surface area contributed by atoms with E-state index in [-0.39, 0.29) is 36.3 Å². The number of benzene rings is 1. The monoisotopic (exact) mass is 491 g/mol. The summed E-state index contributed by atoms with van der Waals surface area (Å²) in [4.78, 5) is 34.2. The summed E-state index contributed by atoms with van der Waals surface area (Å²) >= 11 is 5.87. The molecule has 3 rings (SSSR count). The molecule has 0 spiro atoms. The number of aromatic nitrogens is 1. The number of nitrogens with zero attached hydrogens (tertiary/aromatic N) is 3. The van der Waals surface area contributed by atoms with Crippen molar-refractivity contribution in [3.8, 4) is 0 Å². The normalized spacial score (nSPS) is 14.4. The number of hydrogen-bond donors (Lipinski definition) is 3. The Kier molecular flexibility index (Phi) is 14.4. The van der Waals surface area contributed by atoms with E-state index in [1.165, 1.54) is 11.1 Å². The van der Waals surface area contributed by atoms with Gasteiger partial charge in [-0.05, 0) is 50.1 Å². The molecule has 0 bridgehead atoms. The molecule has 0 radical (unpaired) electrons. The van der Waals surface area contributed by atoms with Crippen LogP contribution >= 0.6 is 11.6 Å². The van der Waals surface area contributed by atoms with Crippen LogP contribution in [0.15, 0.2) is 41.5 Å². The second kappa shape index (κ2) is 15.8. The number of hydrogen-bond acceptors (Lipinski definition) is 6. The standard InChI is InChI=1S/C18H18ClN5O2.C3H8O.2C2H6/c1-10-6-12(19)9-21-16(10)17(26)22-13-5-3-4-11(7-13)14-8-15(25)24(2)18(20)23-14;1-3(2)4;2*1-2/h3-7,9,14H,8H2,1-2H3,(H2,20,23)(H,22,26);3-4H,1-2H3;2*1-2H3. The summed E-state index contributed by atoms with van der Waals surface area (Å²) in [5, 5.41) is 11.3. The number of halogens is 1. The Labute approximate surface area is 208 Å². The topological polar surface area (TPSA) is 121 Å². The molecule has 1 aromatic carbocycles. The maximum absolute atomic E-state index is 12.5. The minimum Gasteiger partial charge on any atom is -0.394 e. The number of aliphatic hydroxyl groups excluding tert-OH is 1.